The number of nitrogens with two attached hydrogens (primary N) is 1. The SMILES string of the molecule is NC(=O)C1CCN(c2ccccc2NC(=O)c2cc3sc4ccccc4c3s2)CC1. The van der Waals surface area contributed by atoms with E-state index < -0.39 is 0 Å². The summed E-state index contributed by atoms with van der Waals surface area (Å²) in [5.41, 5.74) is 7.23. The summed E-state index contributed by atoms with van der Waals surface area (Å²) in [6, 6.07) is 18.1. The van der Waals surface area contributed by atoms with E-state index in [4.69, 9.17) is 5.73 Å². The smallest absolute Gasteiger partial charge is 0.265 e. The van der Waals surface area contributed by atoms with E-state index in [0.717, 1.165) is 42.0 Å². The van der Waals surface area contributed by atoms with Gasteiger partial charge in [0.05, 0.1) is 21.0 Å². The Morgan fingerprint density at radius 3 is 2.50 bits per heavy atom. The molecule has 2 aromatic carbocycles. The summed E-state index contributed by atoms with van der Waals surface area (Å²) < 4.78 is 3.56. The molecule has 152 valence electrons. The van der Waals surface area contributed by atoms with Gasteiger partial charge < -0.3 is 16.0 Å². The predicted octanol–water partition coefficient (Wildman–Crippen LogP) is 5.07. The number of nitrogens with zero attached hydrogens (tertiary/aromatic N) is 1. The monoisotopic (exact) mass is 435 g/mol. The van der Waals surface area contributed by atoms with E-state index in [1.165, 1.54) is 26.1 Å². The number of carbonyl (C=O) groups is 2. The first-order valence-electron chi connectivity index (χ1n) is 9.96. The van der Waals surface area contributed by atoms with E-state index in [1.54, 1.807) is 11.3 Å². The van der Waals surface area contributed by atoms with E-state index >= 15 is 0 Å². The average molecular weight is 436 g/mol. The molecule has 5 rings (SSSR count). The van der Waals surface area contributed by atoms with E-state index in [9.17, 15) is 9.59 Å². The molecule has 4 aromatic rings. The van der Waals surface area contributed by atoms with Gasteiger partial charge in [-0.1, -0.05) is 30.3 Å². The van der Waals surface area contributed by atoms with E-state index in [0.29, 0.717) is 4.88 Å². The number of amides is 2. The van der Waals surface area contributed by atoms with Crippen LogP contribution in [0.15, 0.2) is 54.6 Å². The van der Waals surface area contributed by atoms with Gasteiger partial charge >= 0.3 is 0 Å². The number of para-hydroxylation sites is 2. The highest BCUT2D eigenvalue weighted by Gasteiger charge is 2.25. The third-order valence-electron chi connectivity index (χ3n) is 5.66. The zero-order valence-corrected chi connectivity index (χ0v) is 17.9. The van der Waals surface area contributed by atoms with Gasteiger partial charge in [-0.25, -0.2) is 0 Å². The first-order valence-corrected chi connectivity index (χ1v) is 11.6. The standard InChI is InChI=1S/C23H21N3O2S2/c24-22(27)14-9-11-26(12-10-14)17-7-3-2-6-16(17)25-23(28)20-13-19-21(30-20)15-5-1-4-8-18(15)29-19/h1-8,13-14H,9-12H2,(H2,24,27)(H,25,28). The number of primary amides is 1. The van der Waals surface area contributed by atoms with Gasteiger partial charge in [0.1, 0.15) is 0 Å². The summed E-state index contributed by atoms with van der Waals surface area (Å²) >= 11 is 3.26. The molecule has 3 heterocycles. The van der Waals surface area contributed by atoms with Gasteiger partial charge in [0.2, 0.25) is 5.91 Å². The fourth-order valence-corrected chi connectivity index (χ4v) is 6.48. The second kappa shape index (κ2) is 7.74. The zero-order valence-electron chi connectivity index (χ0n) is 16.3. The highest BCUT2D eigenvalue weighted by molar-refractivity contribution is 7.33. The summed E-state index contributed by atoms with van der Waals surface area (Å²) in [6.07, 6.45) is 1.48. The van der Waals surface area contributed by atoms with Crippen molar-refractivity contribution in [2.75, 3.05) is 23.3 Å². The molecule has 3 N–H and O–H groups in total. The minimum atomic E-state index is -0.221. The van der Waals surface area contributed by atoms with Crippen LogP contribution in [0.4, 0.5) is 11.4 Å². The van der Waals surface area contributed by atoms with Crippen LogP contribution in [-0.4, -0.2) is 24.9 Å². The van der Waals surface area contributed by atoms with Crippen LogP contribution in [0.25, 0.3) is 19.5 Å². The number of anilines is 2. The van der Waals surface area contributed by atoms with E-state index in [2.05, 4.69) is 22.3 Å². The molecule has 5 nitrogen and oxygen atoms in total. The van der Waals surface area contributed by atoms with Crippen molar-refractivity contribution in [3.05, 3.63) is 59.5 Å². The number of nitrogens with one attached hydrogen (secondary N) is 1. The number of thiophene rings is 2. The summed E-state index contributed by atoms with van der Waals surface area (Å²) in [5.74, 6) is -0.370. The maximum Gasteiger partial charge on any atom is 0.265 e. The van der Waals surface area contributed by atoms with Crippen molar-refractivity contribution < 1.29 is 9.59 Å². The molecule has 0 atom stereocenters. The first-order chi connectivity index (χ1) is 14.6. The maximum absolute atomic E-state index is 13.0. The Kier molecular flexibility index (Phi) is 4.92. The molecule has 0 unspecified atom stereocenters. The first kappa shape index (κ1) is 19.1. The molecular weight excluding hydrogens is 414 g/mol. The van der Waals surface area contributed by atoms with E-state index in [1.807, 2.05) is 42.5 Å². The lowest BCUT2D eigenvalue weighted by molar-refractivity contribution is -0.122. The molecule has 0 spiro atoms. The molecule has 0 radical (unpaired) electrons. The molecule has 1 aliphatic rings. The second-order valence-electron chi connectivity index (χ2n) is 7.54. The number of hydrogen-bond donors (Lipinski definition) is 2. The van der Waals surface area contributed by atoms with Gasteiger partial charge in [-0.2, -0.15) is 0 Å². The van der Waals surface area contributed by atoms with Gasteiger partial charge in [-0.05, 0) is 37.1 Å². The summed E-state index contributed by atoms with van der Waals surface area (Å²) in [5, 5.41) is 4.31. The largest absolute Gasteiger partial charge is 0.370 e. The molecule has 1 saturated heterocycles. The summed E-state index contributed by atoms with van der Waals surface area (Å²) in [6.45, 7) is 1.50. The topological polar surface area (TPSA) is 75.4 Å². The molecule has 2 aromatic heterocycles. The minimum absolute atomic E-state index is 0.0584. The van der Waals surface area contributed by atoms with Crippen LogP contribution in [0.2, 0.25) is 0 Å². The fraction of sp³-hybridized carbons (Fsp3) is 0.217. The Bertz CT molecular complexity index is 1250. The molecule has 2 amide bonds. The summed E-state index contributed by atoms with van der Waals surface area (Å²) in [4.78, 5) is 27.4. The van der Waals surface area contributed by atoms with Crippen molar-refractivity contribution >= 4 is 65.3 Å². The van der Waals surface area contributed by atoms with Gasteiger partial charge in [0.15, 0.2) is 0 Å². The Morgan fingerprint density at radius 1 is 0.967 bits per heavy atom. The van der Waals surface area contributed by atoms with Gasteiger partial charge in [0, 0.05) is 33.8 Å². The Morgan fingerprint density at radius 2 is 1.70 bits per heavy atom. The third kappa shape index (κ3) is 3.44. The number of piperidine rings is 1. The van der Waals surface area contributed by atoms with Gasteiger partial charge in [-0.3, -0.25) is 9.59 Å². The van der Waals surface area contributed by atoms with Crippen LogP contribution in [0.1, 0.15) is 22.5 Å². The molecule has 7 heteroatoms. The van der Waals surface area contributed by atoms with Gasteiger partial charge in [0.25, 0.3) is 5.91 Å². The third-order valence-corrected chi connectivity index (χ3v) is 8.08. The van der Waals surface area contributed by atoms with Crippen molar-refractivity contribution in [3.63, 3.8) is 0 Å². The van der Waals surface area contributed by atoms with Gasteiger partial charge in [-0.15, -0.1) is 22.7 Å². The molecule has 0 bridgehead atoms. The second-order valence-corrected chi connectivity index (χ2v) is 9.67. The van der Waals surface area contributed by atoms with Crippen LogP contribution in [0, 0.1) is 5.92 Å². The zero-order chi connectivity index (χ0) is 20.7. The van der Waals surface area contributed by atoms with Crippen LogP contribution in [0.3, 0.4) is 0 Å². The molecule has 1 aliphatic heterocycles. The highest BCUT2D eigenvalue weighted by atomic mass is 32.1. The molecular formula is C23H21N3O2S2. The lowest BCUT2D eigenvalue weighted by Crippen LogP contribution is -2.38. The van der Waals surface area contributed by atoms with Crippen LogP contribution >= 0.6 is 22.7 Å². The molecule has 1 fully saturated rings. The Hall–Kier alpha value is -2.90. The number of carbonyl (C=O) groups excluding carboxylic acids is 2. The fourth-order valence-electron chi connectivity index (χ4n) is 4.06. The van der Waals surface area contributed by atoms with Crippen LogP contribution in [-0.2, 0) is 4.79 Å². The normalized spacial score (nSPS) is 15.0. The minimum Gasteiger partial charge on any atom is -0.370 e. The van der Waals surface area contributed by atoms with Crippen molar-refractivity contribution in [1.82, 2.24) is 0 Å². The van der Waals surface area contributed by atoms with Crippen molar-refractivity contribution in [1.29, 1.82) is 0 Å². The molecule has 0 aliphatic carbocycles. The number of hydrogen-bond acceptors (Lipinski definition) is 5. The number of fused-ring (bicyclic) bond motifs is 3. The van der Waals surface area contributed by atoms with Crippen LogP contribution < -0.4 is 16.0 Å². The Balaban J connectivity index is 1.38. The predicted molar refractivity (Wildman–Crippen MR) is 126 cm³/mol. The van der Waals surface area contributed by atoms with Crippen molar-refractivity contribution in [2.45, 2.75) is 12.8 Å². The lowest BCUT2D eigenvalue weighted by atomic mass is 9.96. The summed E-state index contributed by atoms with van der Waals surface area (Å²) in [7, 11) is 0. The quantitative estimate of drug-likeness (QED) is 0.470. The lowest BCUT2D eigenvalue weighted by Gasteiger charge is -2.33. The number of benzene rings is 2. The molecule has 0 saturated carbocycles. The maximum atomic E-state index is 13.0. The molecule has 30 heavy (non-hydrogen) atoms. The highest BCUT2D eigenvalue weighted by Crippen LogP contribution is 2.39. The Labute approximate surface area is 182 Å². The van der Waals surface area contributed by atoms with E-state index in [-0.39, 0.29) is 17.7 Å². The van der Waals surface area contributed by atoms with Crippen molar-refractivity contribution in [2.24, 2.45) is 11.7 Å². The average Bonchev–Trinajstić information content (AvgIpc) is 3.32. The van der Waals surface area contributed by atoms with Crippen LogP contribution in [0.5, 0.6) is 0 Å². The van der Waals surface area contributed by atoms with Crippen molar-refractivity contribution in [3.8, 4) is 0 Å². The number of rotatable bonds is 4.